The molecule has 0 unspecified atom stereocenters. The van der Waals surface area contributed by atoms with Gasteiger partial charge in [-0.3, -0.25) is 0 Å². The molecule has 0 amide bonds. The van der Waals surface area contributed by atoms with Crippen LogP contribution >= 0.6 is 0 Å². The third-order valence-electron chi connectivity index (χ3n) is 1.41. The highest BCUT2D eigenvalue weighted by Gasteiger charge is 2.20. The van der Waals surface area contributed by atoms with Crippen LogP contribution in [-0.2, 0) is 0 Å². The number of rotatable bonds is 1. The van der Waals surface area contributed by atoms with Gasteiger partial charge in [0.25, 0.3) is 0 Å². The lowest BCUT2D eigenvalue weighted by molar-refractivity contribution is 0.415. The standard InChI is InChI=1S/C6H8BFO2.C2H6/c8-6-4-2-1-3-5(6)7(9)10;1-2/h3-4,9-10H,1-2H2;1-2H3. The van der Waals surface area contributed by atoms with E-state index in [0.717, 1.165) is 0 Å². The maximum atomic E-state index is 12.6. The van der Waals surface area contributed by atoms with Crippen molar-refractivity contribution >= 4 is 7.12 Å². The Morgan fingerprint density at radius 3 is 2.08 bits per heavy atom. The molecule has 4 heteroatoms. The van der Waals surface area contributed by atoms with Crippen molar-refractivity contribution in [2.24, 2.45) is 0 Å². The number of allylic oxidation sites excluding steroid dienone is 4. The van der Waals surface area contributed by atoms with E-state index in [2.05, 4.69) is 0 Å². The second-order valence-corrected chi connectivity index (χ2v) is 2.16. The van der Waals surface area contributed by atoms with Crippen LogP contribution in [0.15, 0.2) is 23.5 Å². The quantitative estimate of drug-likeness (QED) is 0.589. The van der Waals surface area contributed by atoms with Crippen LogP contribution in [0.3, 0.4) is 0 Å². The highest BCUT2D eigenvalue weighted by Crippen LogP contribution is 2.19. The van der Waals surface area contributed by atoms with Gasteiger partial charge in [-0.2, -0.15) is 0 Å². The maximum absolute atomic E-state index is 12.6. The van der Waals surface area contributed by atoms with E-state index in [4.69, 9.17) is 10.0 Å². The Bertz CT molecular complexity index is 187. The van der Waals surface area contributed by atoms with Crippen LogP contribution in [0.4, 0.5) is 4.39 Å². The summed E-state index contributed by atoms with van der Waals surface area (Å²) < 4.78 is 12.6. The zero-order chi connectivity index (χ0) is 9.56. The lowest BCUT2D eigenvalue weighted by atomic mass is 9.76. The van der Waals surface area contributed by atoms with Gasteiger partial charge in [-0.1, -0.05) is 19.9 Å². The topological polar surface area (TPSA) is 40.5 Å². The number of hydrogen-bond donors (Lipinski definition) is 2. The molecular weight excluding hydrogens is 158 g/mol. The molecule has 0 aromatic carbocycles. The van der Waals surface area contributed by atoms with Crippen LogP contribution in [0.1, 0.15) is 26.7 Å². The molecule has 1 aliphatic carbocycles. The lowest BCUT2D eigenvalue weighted by Gasteiger charge is -2.07. The first-order valence-corrected chi connectivity index (χ1v) is 4.14. The Morgan fingerprint density at radius 2 is 1.75 bits per heavy atom. The molecule has 0 fully saturated rings. The molecule has 0 aromatic heterocycles. The van der Waals surface area contributed by atoms with E-state index in [-0.39, 0.29) is 5.47 Å². The van der Waals surface area contributed by atoms with E-state index in [9.17, 15) is 4.39 Å². The van der Waals surface area contributed by atoms with Gasteiger partial charge in [-0.05, 0) is 18.9 Å². The van der Waals surface area contributed by atoms with Gasteiger partial charge in [0.2, 0.25) is 0 Å². The van der Waals surface area contributed by atoms with E-state index in [1.807, 2.05) is 13.8 Å². The van der Waals surface area contributed by atoms with Gasteiger partial charge >= 0.3 is 7.12 Å². The Kier molecular flexibility index (Phi) is 5.67. The third-order valence-corrected chi connectivity index (χ3v) is 1.41. The first-order valence-electron chi connectivity index (χ1n) is 4.14. The second kappa shape index (κ2) is 5.97. The summed E-state index contributed by atoms with van der Waals surface area (Å²) in [5.41, 5.74) is -0.00810. The van der Waals surface area contributed by atoms with Gasteiger partial charge in [0.1, 0.15) is 5.83 Å². The summed E-state index contributed by atoms with van der Waals surface area (Å²) in [5.74, 6) is -0.513. The van der Waals surface area contributed by atoms with Gasteiger partial charge < -0.3 is 10.0 Å². The van der Waals surface area contributed by atoms with Gasteiger partial charge in [0, 0.05) is 5.47 Å². The van der Waals surface area contributed by atoms with Gasteiger partial charge in [-0.25, -0.2) is 4.39 Å². The van der Waals surface area contributed by atoms with Gasteiger partial charge in [-0.15, -0.1) is 0 Å². The van der Waals surface area contributed by atoms with Crippen molar-refractivity contribution in [1.82, 2.24) is 0 Å². The minimum atomic E-state index is -1.67. The Hall–Kier alpha value is -0.605. The largest absolute Gasteiger partial charge is 0.491 e. The molecule has 0 heterocycles. The van der Waals surface area contributed by atoms with Gasteiger partial charge in [0.05, 0.1) is 0 Å². The first kappa shape index (κ1) is 11.4. The van der Waals surface area contributed by atoms with Gasteiger partial charge in [0.15, 0.2) is 0 Å². The highest BCUT2D eigenvalue weighted by molar-refractivity contribution is 6.52. The summed E-state index contributed by atoms with van der Waals surface area (Å²) in [4.78, 5) is 0. The fourth-order valence-electron chi connectivity index (χ4n) is 0.893. The van der Waals surface area contributed by atoms with E-state index >= 15 is 0 Å². The molecule has 2 nitrogen and oxygen atoms in total. The number of hydrogen-bond acceptors (Lipinski definition) is 2. The molecule has 68 valence electrons. The molecule has 0 radical (unpaired) electrons. The maximum Gasteiger partial charge on any atom is 0.491 e. The van der Waals surface area contributed by atoms with Crippen molar-refractivity contribution in [3.8, 4) is 0 Å². The normalized spacial score (nSPS) is 15.4. The summed E-state index contributed by atoms with van der Waals surface area (Å²) in [7, 11) is -1.67. The molecule has 0 atom stereocenters. The molecule has 0 spiro atoms. The molecule has 0 saturated carbocycles. The minimum Gasteiger partial charge on any atom is -0.423 e. The highest BCUT2D eigenvalue weighted by atomic mass is 19.1. The summed E-state index contributed by atoms with van der Waals surface area (Å²) in [5, 5.41) is 17.1. The van der Waals surface area contributed by atoms with Crippen LogP contribution in [0.2, 0.25) is 0 Å². The Labute approximate surface area is 72.6 Å². The fraction of sp³-hybridized carbons (Fsp3) is 0.500. The SMILES string of the molecule is CC.OB(O)C1=CCCC=C1F. The zero-order valence-corrected chi connectivity index (χ0v) is 7.42. The van der Waals surface area contributed by atoms with Crippen LogP contribution < -0.4 is 0 Å². The molecule has 12 heavy (non-hydrogen) atoms. The zero-order valence-electron chi connectivity index (χ0n) is 7.42. The number of halogens is 1. The van der Waals surface area contributed by atoms with Crippen LogP contribution in [0, 0.1) is 0 Å². The van der Waals surface area contributed by atoms with Crippen molar-refractivity contribution in [3.05, 3.63) is 23.5 Å². The van der Waals surface area contributed by atoms with Crippen LogP contribution in [-0.4, -0.2) is 17.2 Å². The monoisotopic (exact) mass is 172 g/mol. The lowest BCUT2D eigenvalue weighted by Crippen LogP contribution is -2.17. The average molecular weight is 172 g/mol. The molecule has 2 N–H and O–H groups in total. The molecule has 1 rings (SSSR count). The molecule has 0 bridgehead atoms. The minimum absolute atomic E-state index is 0.00810. The molecular formula is C8H14BFO2. The summed E-state index contributed by atoms with van der Waals surface area (Å²) in [6, 6.07) is 0. The third kappa shape index (κ3) is 3.20. The van der Waals surface area contributed by atoms with Crippen molar-refractivity contribution in [3.63, 3.8) is 0 Å². The smallest absolute Gasteiger partial charge is 0.423 e. The van der Waals surface area contributed by atoms with Crippen molar-refractivity contribution in [2.45, 2.75) is 26.7 Å². The predicted octanol–water partition coefficient (Wildman–Crippen LogP) is 1.60. The first-order chi connectivity index (χ1) is 5.72. The molecule has 0 aromatic rings. The fourth-order valence-corrected chi connectivity index (χ4v) is 0.893. The van der Waals surface area contributed by atoms with E-state index < -0.39 is 12.9 Å². The Balaban J connectivity index is 0.000000561. The van der Waals surface area contributed by atoms with E-state index in [1.165, 1.54) is 12.2 Å². The molecule has 1 aliphatic rings. The predicted molar refractivity (Wildman–Crippen MR) is 48.0 cm³/mol. The van der Waals surface area contributed by atoms with Crippen molar-refractivity contribution in [1.29, 1.82) is 0 Å². The summed E-state index contributed by atoms with van der Waals surface area (Å²) >= 11 is 0. The van der Waals surface area contributed by atoms with E-state index in [1.54, 1.807) is 0 Å². The summed E-state index contributed by atoms with van der Waals surface area (Å²) in [6.07, 6.45) is 4.18. The molecule has 0 saturated heterocycles. The average Bonchev–Trinajstić information content (AvgIpc) is 2.08. The van der Waals surface area contributed by atoms with E-state index in [0.29, 0.717) is 12.8 Å². The molecule has 0 aliphatic heterocycles. The van der Waals surface area contributed by atoms with Crippen LogP contribution in [0.25, 0.3) is 0 Å². The second-order valence-electron chi connectivity index (χ2n) is 2.16. The summed E-state index contributed by atoms with van der Waals surface area (Å²) in [6.45, 7) is 4.00. The van der Waals surface area contributed by atoms with Crippen molar-refractivity contribution < 1.29 is 14.4 Å². The Morgan fingerprint density at radius 1 is 1.25 bits per heavy atom. The van der Waals surface area contributed by atoms with Crippen molar-refractivity contribution in [2.75, 3.05) is 0 Å². The van der Waals surface area contributed by atoms with Crippen LogP contribution in [0.5, 0.6) is 0 Å².